The minimum absolute atomic E-state index is 0.352. The first-order valence-corrected chi connectivity index (χ1v) is 9.40. The number of nitrogens with zero attached hydrogens (tertiary/aromatic N) is 5. The summed E-state index contributed by atoms with van der Waals surface area (Å²) in [4.78, 5) is 11.2. The molecule has 8 nitrogen and oxygen atoms in total. The van der Waals surface area contributed by atoms with Crippen molar-refractivity contribution in [3.63, 3.8) is 0 Å². The average Bonchev–Trinajstić information content (AvgIpc) is 3.13. The number of nitrogen functional groups attached to an aromatic ring is 1. The molecule has 0 aliphatic carbocycles. The first-order valence-electron chi connectivity index (χ1n) is 9.40. The van der Waals surface area contributed by atoms with Gasteiger partial charge >= 0.3 is 6.01 Å². The minimum atomic E-state index is 0.352. The fourth-order valence-electron chi connectivity index (χ4n) is 3.95. The van der Waals surface area contributed by atoms with Gasteiger partial charge in [0.2, 0.25) is 0 Å². The Kier molecular flexibility index (Phi) is 4.67. The van der Waals surface area contributed by atoms with Crippen LogP contribution in [0.2, 0.25) is 0 Å². The second-order valence-corrected chi connectivity index (χ2v) is 7.17. The lowest BCUT2D eigenvalue weighted by atomic mass is 9.84. The molecule has 8 heteroatoms. The van der Waals surface area contributed by atoms with Crippen LogP contribution in [-0.4, -0.2) is 50.9 Å². The van der Waals surface area contributed by atoms with Gasteiger partial charge in [-0.15, -0.1) is 0 Å². The molecule has 0 spiro atoms. The Morgan fingerprint density at radius 2 is 2.12 bits per heavy atom. The second kappa shape index (κ2) is 7.11. The highest BCUT2D eigenvalue weighted by Gasteiger charge is 2.35. The van der Waals surface area contributed by atoms with Crippen molar-refractivity contribution in [1.82, 2.24) is 24.6 Å². The van der Waals surface area contributed by atoms with Crippen LogP contribution < -0.4 is 15.8 Å². The molecule has 0 radical (unpaired) electrons. The van der Waals surface area contributed by atoms with Gasteiger partial charge in [-0.1, -0.05) is 0 Å². The monoisotopic (exact) mass is 357 g/mol. The molecule has 26 heavy (non-hydrogen) atoms. The van der Waals surface area contributed by atoms with Crippen molar-refractivity contribution in [3.05, 3.63) is 23.7 Å². The van der Waals surface area contributed by atoms with Crippen LogP contribution in [0.15, 0.2) is 12.4 Å². The van der Waals surface area contributed by atoms with Crippen molar-refractivity contribution in [1.29, 1.82) is 0 Å². The Labute approximate surface area is 153 Å². The zero-order valence-corrected chi connectivity index (χ0v) is 15.5. The summed E-state index contributed by atoms with van der Waals surface area (Å²) in [5.41, 5.74) is 8.50. The van der Waals surface area contributed by atoms with Crippen LogP contribution in [0.1, 0.15) is 37.1 Å². The highest BCUT2D eigenvalue weighted by Crippen LogP contribution is 2.35. The highest BCUT2D eigenvalue weighted by atomic mass is 16.5. The lowest BCUT2D eigenvalue weighted by Crippen LogP contribution is -2.48. The van der Waals surface area contributed by atoms with Crippen LogP contribution in [0.4, 0.5) is 11.5 Å². The maximum atomic E-state index is 6.11. The van der Waals surface area contributed by atoms with Crippen LogP contribution in [-0.2, 0) is 6.54 Å². The Morgan fingerprint density at radius 3 is 2.81 bits per heavy atom. The lowest BCUT2D eigenvalue weighted by Gasteiger charge is -2.44. The normalized spacial score (nSPS) is 24.6. The van der Waals surface area contributed by atoms with E-state index in [4.69, 9.17) is 10.5 Å². The third kappa shape index (κ3) is 3.33. The number of nitrogens with two attached hydrogens (primary N) is 1. The molecule has 1 atom stereocenters. The maximum Gasteiger partial charge on any atom is 0.318 e. The molecule has 0 aromatic carbocycles. The zero-order chi connectivity index (χ0) is 18.1. The molecule has 0 amide bonds. The van der Waals surface area contributed by atoms with E-state index >= 15 is 0 Å². The number of aromatic nitrogens is 4. The molecule has 140 valence electrons. The van der Waals surface area contributed by atoms with E-state index in [0.29, 0.717) is 42.4 Å². The third-order valence-corrected chi connectivity index (χ3v) is 5.47. The summed E-state index contributed by atoms with van der Waals surface area (Å²) in [5.74, 6) is 1.37. The van der Waals surface area contributed by atoms with Crippen molar-refractivity contribution < 1.29 is 4.74 Å². The van der Waals surface area contributed by atoms with Gasteiger partial charge in [0.05, 0.1) is 30.2 Å². The molecule has 0 saturated carbocycles. The highest BCUT2D eigenvalue weighted by molar-refractivity contribution is 5.64. The number of hydrogen-bond donors (Lipinski definition) is 2. The van der Waals surface area contributed by atoms with Gasteiger partial charge in [0.15, 0.2) is 5.82 Å². The summed E-state index contributed by atoms with van der Waals surface area (Å²) in [5, 5.41) is 7.92. The van der Waals surface area contributed by atoms with Crippen molar-refractivity contribution in [2.75, 3.05) is 37.3 Å². The SMILES string of the molecule is CCOc1nc(C)c(N)c(NCc2cnn(C3CN4CCC3CC4)c2)n1. The fourth-order valence-corrected chi connectivity index (χ4v) is 3.95. The van der Waals surface area contributed by atoms with E-state index in [1.807, 2.05) is 20.0 Å². The number of nitrogens with one attached hydrogen (secondary N) is 1. The molecule has 3 aliphatic rings. The molecule has 2 aromatic heterocycles. The number of rotatable bonds is 6. The molecule has 3 fully saturated rings. The van der Waals surface area contributed by atoms with Crippen molar-refractivity contribution in [2.24, 2.45) is 5.92 Å². The van der Waals surface area contributed by atoms with E-state index in [1.54, 1.807) is 0 Å². The van der Waals surface area contributed by atoms with Crippen LogP contribution in [0.25, 0.3) is 0 Å². The molecule has 3 aliphatic heterocycles. The maximum absolute atomic E-state index is 6.11. The molecule has 3 N–H and O–H groups in total. The standard InChI is InChI=1S/C18H27N7O/c1-3-26-18-22-12(2)16(19)17(23-18)20-8-13-9-21-25(10-13)15-11-24-6-4-14(15)5-7-24/h9-10,14-15H,3-8,11,19H2,1-2H3,(H,20,22,23). The number of hydrogen-bond acceptors (Lipinski definition) is 7. The van der Waals surface area contributed by atoms with Crippen LogP contribution in [0.3, 0.4) is 0 Å². The van der Waals surface area contributed by atoms with E-state index in [0.717, 1.165) is 18.0 Å². The van der Waals surface area contributed by atoms with Gasteiger partial charge in [-0.3, -0.25) is 4.68 Å². The summed E-state index contributed by atoms with van der Waals surface area (Å²) in [6.45, 7) is 8.51. The summed E-state index contributed by atoms with van der Waals surface area (Å²) in [6.07, 6.45) is 6.65. The van der Waals surface area contributed by atoms with E-state index in [1.165, 1.54) is 25.9 Å². The molecular weight excluding hydrogens is 330 g/mol. The molecule has 2 bridgehead atoms. The largest absolute Gasteiger partial charge is 0.464 e. The molecule has 5 rings (SSSR count). The smallest absolute Gasteiger partial charge is 0.318 e. The van der Waals surface area contributed by atoms with Gasteiger partial charge in [-0.25, -0.2) is 0 Å². The molecule has 5 heterocycles. The van der Waals surface area contributed by atoms with Gasteiger partial charge in [-0.2, -0.15) is 15.1 Å². The Morgan fingerprint density at radius 1 is 1.31 bits per heavy atom. The van der Waals surface area contributed by atoms with Crippen molar-refractivity contribution in [3.8, 4) is 6.01 Å². The summed E-state index contributed by atoms with van der Waals surface area (Å²) < 4.78 is 7.55. The number of ether oxygens (including phenoxy) is 1. The predicted molar refractivity (Wildman–Crippen MR) is 100 cm³/mol. The molecule has 1 unspecified atom stereocenters. The van der Waals surface area contributed by atoms with E-state index in [9.17, 15) is 0 Å². The third-order valence-electron chi connectivity index (χ3n) is 5.47. The number of aryl methyl sites for hydroxylation is 1. The first-order chi connectivity index (χ1) is 12.6. The van der Waals surface area contributed by atoms with Gasteiger partial charge in [-0.05, 0) is 45.7 Å². The van der Waals surface area contributed by atoms with Crippen molar-refractivity contribution >= 4 is 11.5 Å². The van der Waals surface area contributed by atoms with E-state index < -0.39 is 0 Å². The van der Waals surface area contributed by atoms with Gasteiger partial charge in [0.1, 0.15) is 0 Å². The van der Waals surface area contributed by atoms with Gasteiger partial charge < -0.3 is 20.7 Å². The number of piperidine rings is 3. The number of anilines is 2. The Balaban J connectivity index is 1.44. The van der Waals surface area contributed by atoms with Crippen molar-refractivity contribution in [2.45, 2.75) is 39.3 Å². The average molecular weight is 357 g/mol. The fraction of sp³-hybridized carbons (Fsp3) is 0.611. The summed E-state index contributed by atoms with van der Waals surface area (Å²) >= 11 is 0. The number of fused-ring (bicyclic) bond motifs is 3. The zero-order valence-electron chi connectivity index (χ0n) is 15.5. The topological polar surface area (TPSA) is 94.1 Å². The first kappa shape index (κ1) is 17.1. The van der Waals surface area contributed by atoms with Gasteiger partial charge in [0.25, 0.3) is 0 Å². The summed E-state index contributed by atoms with van der Waals surface area (Å²) in [6, 6.07) is 0.854. The quantitative estimate of drug-likeness (QED) is 0.814. The molecular formula is C18H27N7O. The van der Waals surface area contributed by atoms with Crippen LogP contribution in [0.5, 0.6) is 6.01 Å². The Bertz CT molecular complexity index is 767. The second-order valence-electron chi connectivity index (χ2n) is 7.17. The minimum Gasteiger partial charge on any atom is -0.464 e. The van der Waals surface area contributed by atoms with E-state index in [2.05, 4.69) is 36.2 Å². The Hall–Kier alpha value is -2.35. The molecule has 3 saturated heterocycles. The summed E-state index contributed by atoms with van der Waals surface area (Å²) in [7, 11) is 0. The molecule has 2 aromatic rings. The van der Waals surface area contributed by atoms with E-state index in [-0.39, 0.29) is 0 Å². The van der Waals surface area contributed by atoms with Gasteiger partial charge in [0, 0.05) is 24.8 Å². The van der Waals surface area contributed by atoms with Crippen LogP contribution >= 0.6 is 0 Å². The van der Waals surface area contributed by atoms with Crippen LogP contribution in [0, 0.1) is 12.8 Å². The lowest BCUT2D eigenvalue weighted by molar-refractivity contribution is 0.0512. The predicted octanol–water partition coefficient (Wildman–Crippen LogP) is 1.84.